The Morgan fingerprint density at radius 1 is 1.15 bits per heavy atom. The van der Waals surface area contributed by atoms with E-state index in [1.165, 1.54) is 0 Å². The number of nitrogens with zero attached hydrogens (tertiary/aromatic N) is 5. The maximum absolute atomic E-state index is 12.5. The van der Waals surface area contributed by atoms with Crippen molar-refractivity contribution in [3.05, 3.63) is 82.9 Å². The standard InChI is InChI=1S/C25H28N6O2/c1-17(18-7-5-4-6-8-18)30-23(32)12-21-11-19-13-27-24(22(19)16-26-21)20-14-28-25(29-15-20)31(2)9-10-33-3/h4-8,11,14-17H,9-10,12-13H2,1-3H3,(H,30,32)/t17-/m1/s1. The van der Waals surface area contributed by atoms with Gasteiger partial charge in [-0.15, -0.1) is 0 Å². The fourth-order valence-electron chi connectivity index (χ4n) is 3.73. The number of anilines is 1. The van der Waals surface area contributed by atoms with Crippen LogP contribution in [0.15, 0.2) is 60.0 Å². The van der Waals surface area contributed by atoms with Crippen LogP contribution in [0.2, 0.25) is 0 Å². The topological polar surface area (TPSA) is 92.6 Å². The van der Waals surface area contributed by atoms with Gasteiger partial charge >= 0.3 is 0 Å². The van der Waals surface area contributed by atoms with Crippen molar-refractivity contribution in [2.24, 2.45) is 4.99 Å². The summed E-state index contributed by atoms with van der Waals surface area (Å²) in [5, 5.41) is 3.04. The molecule has 1 aromatic carbocycles. The number of benzene rings is 1. The van der Waals surface area contributed by atoms with E-state index in [0.717, 1.165) is 33.7 Å². The first-order valence-corrected chi connectivity index (χ1v) is 10.9. The number of aliphatic imine (C=N–C) groups is 1. The number of hydrogen-bond donors (Lipinski definition) is 1. The minimum Gasteiger partial charge on any atom is -0.383 e. The van der Waals surface area contributed by atoms with E-state index in [1.807, 2.05) is 55.3 Å². The van der Waals surface area contributed by atoms with Crippen molar-refractivity contribution in [1.82, 2.24) is 20.3 Å². The number of fused-ring (bicyclic) bond motifs is 1. The molecule has 0 bridgehead atoms. The van der Waals surface area contributed by atoms with Crippen LogP contribution in [-0.2, 0) is 22.5 Å². The zero-order chi connectivity index (χ0) is 23.2. The highest BCUT2D eigenvalue weighted by atomic mass is 16.5. The average Bonchev–Trinajstić information content (AvgIpc) is 3.26. The van der Waals surface area contributed by atoms with Crippen LogP contribution < -0.4 is 10.2 Å². The van der Waals surface area contributed by atoms with E-state index in [0.29, 0.717) is 25.6 Å². The Kier molecular flexibility index (Phi) is 7.04. The molecule has 0 spiro atoms. The Hall–Kier alpha value is -3.65. The van der Waals surface area contributed by atoms with Gasteiger partial charge in [-0.3, -0.25) is 14.8 Å². The van der Waals surface area contributed by atoms with E-state index >= 15 is 0 Å². The predicted octanol–water partition coefficient (Wildman–Crippen LogP) is 2.73. The molecule has 1 atom stereocenters. The van der Waals surface area contributed by atoms with Crippen molar-refractivity contribution in [2.75, 3.05) is 32.2 Å². The smallest absolute Gasteiger partial charge is 0.226 e. The summed E-state index contributed by atoms with van der Waals surface area (Å²) in [5.41, 5.74) is 5.50. The van der Waals surface area contributed by atoms with Gasteiger partial charge in [0, 0.05) is 50.4 Å². The first-order valence-electron chi connectivity index (χ1n) is 10.9. The lowest BCUT2D eigenvalue weighted by atomic mass is 10.0. The molecule has 8 nitrogen and oxygen atoms in total. The van der Waals surface area contributed by atoms with Crippen LogP contribution in [0, 0.1) is 0 Å². The Morgan fingerprint density at radius 3 is 2.64 bits per heavy atom. The van der Waals surface area contributed by atoms with Gasteiger partial charge in [-0.25, -0.2) is 9.97 Å². The lowest BCUT2D eigenvalue weighted by Crippen LogP contribution is -2.28. The van der Waals surface area contributed by atoms with Crippen LogP contribution in [0.25, 0.3) is 0 Å². The number of ether oxygens (including phenoxy) is 1. The Labute approximate surface area is 193 Å². The molecular formula is C25H28N6O2. The molecule has 1 amide bonds. The lowest BCUT2D eigenvalue weighted by Gasteiger charge is -2.16. The SMILES string of the molecule is COCCN(C)c1ncc(C2=NCc3cc(CC(=O)N[C@H](C)c4ccccc4)ncc32)cn1. The summed E-state index contributed by atoms with van der Waals surface area (Å²) in [6.07, 6.45) is 5.59. The summed E-state index contributed by atoms with van der Waals surface area (Å²) in [5.74, 6) is 0.582. The molecule has 0 saturated carbocycles. The van der Waals surface area contributed by atoms with E-state index in [1.54, 1.807) is 25.7 Å². The van der Waals surface area contributed by atoms with Gasteiger partial charge in [-0.05, 0) is 24.1 Å². The zero-order valence-corrected chi connectivity index (χ0v) is 19.2. The maximum Gasteiger partial charge on any atom is 0.226 e. The highest BCUT2D eigenvalue weighted by Crippen LogP contribution is 2.23. The Bertz CT molecular complexity index is 1130. The number of rotatable bonds is 9. The second-order valence-electron chi connectivity index (χ2n) is 8.06. The quantitative estimate of drug-likeness (QED) is 0.546. The molecule has 1 aliphatic rings. The molecule has 2 aromatic heterocycles. The van der Waals surface area contributed by atoms with Crippen molar-refractivity contribution < 1.29 is 9.53 Å². The number of methoxy groups -OCH3 is 1. The summed E-state index contributed by atoms with van der Waals surface area (Å²) in [7, 11) is 3.60. The van der Waals surface area contributed by atoms with Crippen molar-refractivity contribution in [3.63, 3.8) is 0 Å². The van der Waals surface area contributed by atoms with Gasteiger partial charge in [0.15, 0.2) is 0 Å². The Morgan fingerprint density at radius 2 is 1.91 bits per heavy atom. The number of pyridine rings is 1. The first-order chi connectivity index (χ1) is 16.0. The van der Waals surface area contributed by atoms with E-state index in [-0.39, 0.29) is 18.4 Å². The van der Waals surface area contributed by atoms with Gasteiger partial charge in [0.25, 0.3) is 0 Å². The molecule has 4 rings (SSSR count). The molecule has 170 valence electrons. The third-order valence-corrected chi connectivity index (χ3v) is 5.61. The summed E-state index contributed by atoms with van der Waals surface area (Å²) < 4.78 is 5.10. The van der Waals surface area contributed by atoms with E-state index in [9.17, 15) is 4.79 Å². The summed E-state index contributed by atoms with van der Waals surface area (Å²) >= 11 is 0. The third kappa shape index (κ3) is 5.40. The van der Waals surface area contributed by atoms with Gasteiger partial charge in [0.2, 0.25) is 11.9 Å². The second kappa shape index (κ2) is 10.3. The van der Waals surface area contributed by atoms with Gasteiger partial charge in [0.05, 0.1) is 37.0 Å². The molecule has 33 heavy (non-hydrogen) atoms. The third-order valence-electron chi connectivity index (χ3n) is 5.61. The zero-order valence-electron chi connectivity index (χ0n) is 19.2. The highest BCUT2D eigenvalue weighted by molar-refractivity contribution is 6.14. The summed E-state index contributed by atoms with van der Waals surface area (Å²) in [6, 6.07) is 11.8. The van der Waals surface area contributed by atoms with Crippen molar-refractivity contribution >= 4 is 17.6 Å². The maximum atomic E-state index is 12.5. The molecule has 0 unspecified atom stereocenters. The molecule has 3 heterocycles. The van der Waals surface area contributed by atoms with Crippen LogP contribution in [0.3, 0.4) is 0 Å². The minimum atomic E-state index is -0.0560. The molecule has 0 radical (unpaired) electrons. The van der Waals surface area contributed by atoms with E-state index in [2.05, 4.69) is 25.3 Å². The van der Waals surface area contributed by atoms with Gasteiger partial charge in [-0.1, -0.05) is 30.3 Å². The molecule has 1 N–H and O–H groups in total. The number of hydrogen-bond acceptors (Lipinski definition) is 7. The molecule has 0 fully saturated rings. The number of amides is 1. The van der Waals surface area contributed by atoms with Crippen LogP contribution in [-0.4, -0.2) is 53.9 Å². The average molecular weight is 445 g/mol. The molecular weight excluding hydrogens is 416 g/mol. The van der Waals surface area contributed by atoms with Gasteiger partial charge in [0.1, 0.15) is 0 Å². The largest absolute Gasteiger partial charge is 0.383 e. The summed E-state index contributed by atoms with van der Waals surface area (Å²) in [4.78, 5) is 32.6. The first kappa shape index (κ1) is 22.5. The second-order valence-corrected chi connectivity index (χ2v) is 8.06. The van der Waals surface area contributed by atoms with Crippen molar-refractivity contribution in [3.8, 4) is 0 Å². The van der Waals surface area contributed by atoms with E-state index < -0.39 is 0 Å². The molecule has 0 saturated heterocycles. The molecule has 1 aliphatic heterocycles. The van der Waals surface area contributed by atoms with Crippen LogP contribution in [0.1, 0.15) is 40.9 Å². The van der Waals surface area contributed by atoms with Gasteiger partial charge in [-0.2, -0.15) is 0 Å². The Balaban J connectivity index is 1.40. The monoisotopic (exact) mass is 444 g/mol. The van der Waals surface area contributed by atoms with Crippen LogP contribution in [0.5, 0.6) is 0 Å². The highest BCUT2D eigenvalue weighted by Gasteiger charge is 2.20. The lowest BCUT2D eigenvalue weighted by molar-refractivity contribution is -0.121. The van der Waals surface area contributed by atoms with E-state index in [4.69, 9.17) is 4.74 Å². The fraction of sp³-hybridized carbons (Fsp3) is 0.320. The van der Waals surface area contributed by atoms with Crippen molar-refractivity contribution in [1.29, 1.82) is 0 Å². The molecule has 3 aromatic rings. The fourth-order valence-corrected chi connectivity index (χ4v) is 3.73. The number of carbonyl (C=O) groups is 1. The van der Waals surface area contributed by atoms with Gasteiger partial charge < -0.3 is 15.0 Å². The number of aromatic nitrogens is 3. The number of nitrogens with one attached hydrogen (secondary N) is 1. The normalized spacial score (nSPS) is 13.2. The van der Waals surface area contributed by atoms with Crippen LogP contribution in [0.4, 0.5) is 5.95 Å². The molecule has 0 aliphatic carbocycles. The number of likely N-dealkylation sites (N-methyl/N-ethyl adjacent to an activating group) is 1. The predicted molar refractivity (Wildman–Crippen MR) is 127 cm³/mol. The molecule has 8 heteroatoms. The summed E-state index contributed by atoms with van der Waals surface area (Å²) in [6.45, 7) is 3.85. The minimum absolute atomic E-state index is 0.0559. The van der Waals surface area contributed by atoms with Crippen LogP contribution >= 0.6 is 0 Å². The van der Waals surface area contributed by atoms with Crippen molar-refractivity contribution in [2.45, 2.75) is 25.9 Å². The number of carbonyl (C=O) groups excluding carboxylic acids is 1.